The third kappa shape index (κ3) is 4.34. The molecule has 3 fully saturated rings. The van der Waals surface area contributed by atoms with Crippen LogP contribution in [0, 0.1) is 23.7 Å². The molecule has 2 bridgehead atoms. The smallest absolute Gasteiger partial charge is 0.233 e. The fourth-order valence-corrected chi connectivity index (χ4v) is 5.54. The largest absolute Gasteiger partial charge is 0.356 e. The highest BCUT2D eigenvalue weighted by atomic mass is 16.2. The molecule has 0 aromatic rings. The Kier molecular flexibility index (Phi) is 6.53. The molecule has 2 amide bonds. The van der Waals surface area contributed by atoms with E-state index in [0.717, 1.165) is 31.9 Å². The number of rotatable bonds is 7. The number of likely N-dealkylation sites (tertiary alicyclic amines) is 2. The van der Waals surface area contributed by atoms with Crippen LogP contribution in [0.25, 0.3) is 0 Å². The predicted octanol–water partition coefficient (Wildman–Crippen LogP) is 1.22. The normalized spacial score (nSPS) is 32.0. The summed E-state index contributed by atoms with van der Waals surface area (Å²) < 4.78 is 0. The number of guanidine groups is 1. The fourth-order valence-electron chi connectivity index (χ4n) is 5.54. The topological polar surface area (TPSA) is 77.0 Å². The molecule has 2 aliphatic heterocycles. The average molecular weight is 402 g/mol. The van der Waals surface area contributed by atoms with Crippen LogP contribution in [0.1, 0.15) is 38.5 Å². The first-order chi connectivity index (χ1) is 14.2. The Labute approximate surface area is 174 Å². The number of carbonyl (C=O) groups is 2. The second-order valence-corrected chi connectivity index (χ2v) is 8.86. The Morgan fingerprint density at radius 1 is 0.966 bits per heavy atom. The Bertz CT molecular complexity index is 638. The maximum absolute atomic E-state index is 12.7. The van der Waals surface area contributed by atoms with E-state index >= 15 is 0 Å². The molecule has 0 radical (unpaired) electrons. The quantitative estimate of drug-likeness (QED) is 0.221. The Morgan fingerprint density at radius 3 is 2.21 bits per heavy atom. The van der Waals surface area contributed by atoms with Crippen LogP contribution in [0.2, 0.25) is 0 Å². The van der Waals surface area contributed by atoms with Crippen LogP contribution in [0.5, 0.6) is 0 Å². The molecule has 4 rings (SSSR count). The maximum atomic E-state index is 12.7. The van der Waals surface area contributed by atoms with E-state index in [2.05, 4.69) is 32.7 Å². The first-order valence-electron chi connectivity index (χ1n) is 11.4. The van der Waals surface area contributed by atoms with E-state index in [1.54, 1.807) is 7.05 Å². The van der Waals surface area contributed by atoms with Crippen molar-refractivity contribution in [2.45, 2.75) is 38.5 Å². The lowest BCUT2D eigenvalue weighted by Gasteiger charge is -2.21. The molecule has 0 aromatic carbocycles. The summed E-state index contributed by atoms with van der Waals surface area (Å²) in [5, 5.41) is 6.69. The molecule has 4 atom stereocenters. The Hall–Kier alpha value is -1.89. The minimum Gasteiger partial charge on any atom is -0.356 e. The van der Waals surface area contributed by atoms with Crippen LogP contribution < -0.4 is 10.6 Å². The molecule has 7 heteroatoms. The van der Waals surface area contributed by atoms with Gasteiger partial charge >= 0.3 is 0 Å². The van der Waals surface area contributed by atoms with Crippen molar-refractivity contribution in [3.8, 4) is 0 Å². The SMILES string of the molecule is CN=C(NCCCN1C(=O)C2C3C=CC(C3)C2C1=O)NCCN1CCCCCC1. The van der Waals surface area contributed by atoms with Crippen molar-refractivity contribution in [2.75, 3.05) is 46.3 Å². The third-order valence-electron chi connectivity index (χ3n) is 7.06. The van der Waals surface area contributed by atoms with Crippen LogP contribution in [0.4, 0.5) is 0 Å². The molecule has 2 aliphatic carbocycles. The standard InChI is InChI=1S/C22H35N5O2/c1-23-22(25-10-14-26-11-4-2-3-5-12-26)24-9-6-13-27-20(28)18-16-7-8-17(15-16)19(18)21(27)29/h7-8,16-19H,2-6,9-15H2,1H3,(H2,23,24,25). The van der Waals surface area contributed by atoms with Gasteiger partial charge in [0.15, 0.2) is 5.96 Å². The van der Waals surface area contributed by atoms with Gasteiger partial charge in [-0.25, -0.2) is 0 Å². The summed E-state index contributed by atoms with van der Waals surface area (Å²) in [6.07, 6.45) is 11.3. The summed E-state index contributed by atoms with van der Waals surface area (Å²) in [7, 11) is 1.78. The minimum atomic E-state index is -0.0844. The zero-order chi connectivity index (χ0) is 20.2. The first-order valence-corrected chi connectivity index (χ1v) is 11.4. The summed E-state index contributed by atoms with van der Waals surface area (Å²) >= 11 is 0. The first kappa shape index (κ1) is 20.4. The molecule has 0 spiro atoms. The lowest BCUT2D eigenvalue weighted by Crippen LogP contribution is -2.43. The van der Waals surface area contributed by atoms with Crippen molar-refractivity contribution in [2.24, 2.45) is 28.7 Å². The summed E-state index contributed by atoms with van der Waals surface area (Å²) in [6, 6.07) is 0. The van der Waals surface area contributed by atoms with E-state index in [4.69, 9.17) is 0 Å². The van der Waals surface area contributed by atoms with Gasteiger partial charge in [-0.2, -0.15) is 0 Å². The van der Waals surface area contributed by atoms with E-state index in [9.17, 15) is 9.59 Å². The molecular weight excluding hydrogens is 366 g/mol. The number of imide groups is 1. The molecular formula is C22H35N5O2. The van der Waals surface area contributed by atoms with Gasteiger partial charge in [-0.15, -0.1) is 0 Å². The zero-order valence-corrected chi connectivity index (χ0v) is 17.6. The number of carbonyl (C=O) groups excluding carboxylic acids is 2. The van der Waals surface area contributed by atoms with Gasteiger partial charge in [0.1, 0.15) is 0 Å². The second-order valence-electron chi connectivity index (χ2n) is 8.86. The van der Waals surface area contributed by atoms with Crippen molar-refractivity contribution in [1.29, 1.82) is 0 Å². The summed E-state index contributed by atoms with van der Waals surface area (Å²) in [5.41, 5.74) is 0. The van der Waals surface area contributed by atoms with Crippen molar-refractivity contribution in [3.63, 3.8) is 0 Å². The van der Waals surface area contributed by atoms with Crippen LogP contribution in [-0.2, 0) is 9.59 Å². The van der Waals surface area contributed by atoms with E-state index in [1.165, 1.54) is 43.7 Å². The van der Waals surface area contributed by atoms with Crippen molar-refractivity contribution < 1.29 is 9.59 Å². The zero-order valence-electron chi connectivity index (χ0n) is 17.6. The predicted molar refractivity (Wildman–Crippen MR) is 113 cm³/mol. The average Bonchev–Trinajstić information content (AvgIpc) is 3.33. The summed E-state index contributed by atoms with van der Waals surface area (Å²) in [5.74, 6) is 1.30. The van der Waals surface area contributed by atoms with Gasteiger partial charge in [0, 0.05) is 33.2 Å². The maximum Gasteiger partial charge on any atom is 0.233 e. The van der Waals surface area contributed by atoms with E-state index in [1.807, 2.05) is 0 Å². The highest BCUT2D eigenvalue weighted by Crippen LogP contribution is 2.52. The number of amides is 2. The minimum absolute atomic E-state index is 0.0526. The van der Waals surface area contributed by atoms with Crippen molar-refractivity contribution in [1.82, 2.24) is 20.4 Å². The number of allylic oxidation sites excluding steroid dienone is 2. The van der Waals surface area contributed by atoms with Gasteiger partial charge in [-0.1, -0.05) is 25.0 Å². The van der Waals surface area contributed by atoms with E-state index in [-0.39, 0.29) is 35.5 Å². The van der Waals surface area contributed by atoms with Crippen molar-refractivity contribution in [3.05, 3.63) is 12.2 Å². The highest BCUT2D eigenvalue weighted by Gasteiger charge is 2.58. The molecule has 7 nitrogen and oxygen atoms in total. The molecule has 2 saturated heterocycles. The monoisotopic (exact) mass is 401 g/mol. The number of nitrogens with one attached hydrogen (secondary N) is 2. The molecule has 2 heterocycles. The summed E-state index contributed by atoms with van der Waals surface area (Å²) in [4.78, 5) is 33.7. The Morgan fingerprint density at radius 2 is 1.59 bits per heavy atom. The van der Waals surface area contributed by atoms with Crippen molar-refractivity contribution >= 4 is 17.8 Å². The number of fused-ring (bicyclic) bond motifs is 5. The molecule has 29 heavy (non-hydrogen) atoms. The van der Waals surface area contributed by atoms with Gasteiger partial charge in [-0.05, 0) is 50.6 Å². The number of hydrogen-bond donors (Lipinski definition) is 2. The molecule has 4 unspecified atom stereocenters. The molecule has 160 valence electrons. The van der Waals surface area contributed by atoms with Crippen LogP contribution >= 0.6 is 0 Å². The van der Waals surface area contributed by atoms with Crippen LogP contribution in [-0.4, -0.2) is 73.9 Å². The summed E-state index contributed by atoms with van der Waals surface area (Å²) in [6.45, 7) is 5.51. The van der Waals surface area contributed by atoms with Gasteiger partial charge in [0.2, 0.25) is 11.8 Å². The number of aliphatic imine (C=N–C) groups is 1. The van der Waals surface area contributed by atoms with E-state index < -0.39 is 0 Å². The molecule has 0 aromatic heterocycles. The number of hydrogen-bond acceptors (Lipinski definition) is 4. The second kappa shape index (κ2) is 9.28. The van der Waals surface area contributed by atoms with E-state index in [0.29, 0.717) is 13.1 Å². The van der Waals surface area contributed by atoms with Gasteiger partial charge in [0.05, 0.1) is 11.8 Å². The number of nitrogens with zero attached hydrogens (tertiary/aromatic N) is 3. The molecule has 1 saturated carbocycles. The van der Waals surface area contributed by atoms with Crippen LogP contribution in [0.15, 0.2) is 17.1 Å². The van der Waals surface area contributed by atoms with Gasteiger partial charge in [0.25, 0.3) is 0 Å². The van der Waals surface area contributed by atoms with Gasteiger partial charge < -0.3 is 15.5 Å². The lowest BCUT2D eigenvalue weighted by atomic mass is 9.85. The van der Waals surface area contributed by atoms with Crippen LogP contribution in [0.3, 0.4) is 0 Å². The highest BCUT2D eigenvalue weighted by molar-refractivity contribution is 6.06. The fraction of sp³-hybridized carbons (Fsp3) is 0.773. The third-order valence-corrected chi connectivity index (χ3v) is 7.06. The van der Waals surface area contributed by atoms with Gasteiger partial charge in [-0.3, -0.25) is 19.5 Å². The lowest BCUT2D eigenvalue weighted by molar-refractivity contribution is -0.140. The molecule has 4 aliphatic rings. The molecule has 2 N–H and O–H groups in total. The Balaban J connectivity index is 1.14.